The van der Waals surface area contributed by atoms with Crippen molar-refractivity contribution >= 4 is 17.3 Å². The molecular formula is C14H20N2O4. The van der Waals surface area contributed by atoms with Crippen LogP contribution in [0.3, 0.4) is 0 Å². The number of hydrogen-bond donors (Lipinski definition) is 2. The minimum Gasteiger partial charge on any atom is -0.481 e. The number of benzene rings is 1. The summed E-state index contributed by atoms with van der Waals surface area (Å²) in [7, 11) is 0. The van der Waals surface area contributed by atoms with Crippen LogP contribution in [0.4, 0.5) is 11.4 Å². The summed E-state index contributed by atoms with van der Waals surface area (Å²) in [4.78, 5) is 21.4. The zero-order valence-corrected chi connectivity index (χ0v) is 12.1. The number of aryl methyl sites for hydroxylation is 1. The number of rotatable bonds is 5. The molecule has 1 aromatic carbocycles. The standard InChI is InChI=1S/C14H20N2O4/c1-9-5-6-10(7-11(9)16(19)20)15-12(8-13(17)18)14(2,3)4/h5-7,12,15H,8H2,1-4H3,(H,17,18). The molecule has 0 aromatic heterocycles. The highest BCUT2D eigenvalue weighted by Gasteiger charge is 2.27. The van der Waals surface area contributed by atoms with Crippen molar-refractivity contribution in [2.24, 2.45) is 5.41 Å². The van der Waals surface area contributed by atoms with Gasteiger partial charge in [-0.25, -0.2) is 0 Å². The monoisotopic (exact) mass is 280 g/mol. The Morgan fingerprint density at radius 2 is 2.05 bits per heavy atom. The van der Waals surface area contributed by atoms with E-state index < -0.39 is 10.9 Å². The van der Waals surface area contributed by atoms with Gasteiger partial charge in [-0.3, -0.25) is 14.9 Å². The Morgan fingerprint density at radius 1 is 1.45 bits per heavy atom. The SMILES string of the molecule is Cc1ccc(NC(CC(=O)O)C(C)(C)C)cc1[N+](=O)[O-]. The molecule has 0 fully saturated rings. The van der Waals surface area contributed by atoms with Crippen LogP contribution in [0.1, 0.15) is 32.8 Å². The lowest BCUT2D eigenvalue weighted by Gasteiger charge is -2.31. The van der Waals surface area contributed by atoms with Crippen LogP contribution in [0.2, 0.25) is 0 Å². The fourth-order valence-corrected chi connectivity index (χ4v) is 1.85. The highest BCUT2D eigenvalue weighted by Crippen LogP contribution is 2.28. The Labute approximate surface area is 118 Å². The minimum absolute atomic E-state index is 0.0259. The van der Waals surface area contributed by atoms with Crippen molar-refractivity contribution in [2.75, 3.05) is 5.32 Å². The van der Waals surface area contributed by atoms with Gasteiger partial charge in [-0.2, -0.15) is 0 Å². The number of hydrogen-bond acceptors (Lipinski definition) is 4. The molecule has 0 saturated carbocycles. The summed E-state index contributed by atoms with van der Waals surface area (Å²) in [6.45, 7) is 7.45. The first-order valence-electron chi connectivity index (χ1n) is 6.34. The quantitative estimate of drug-likeness (QED) is 0.638. The van der Waals surface area contributed by atoms with Gasteiger partial charge in [-0.1, -0.05) is 26.8 Å². The Balaban J connectivity index is 3.02. The smallest absolute Gasteiger partial charge is 0.305 e. The molecule has 6 nitrogen and oxygen atoms in total. The molecule has 1 unspecified atom stereocenters. The van der Waals surface area contributed by atoms with Crippen LogP contribution >= 0.6 is 0 Å². The summed E-state index contributed by atoms with van der Waals surface area (Å²) in [6, 6.07) is 4.50. The predicted octanol–water partition coefficient (Wildman–Crippen LogP) is 3.20. The highest BCUT2D eigenvalue weighted by atomic mass is 16.6. The van der Waals surface area contributed by atoms with Crippen LogP contribution in [0, 0.1) is 22.5 Å². The van der Waals surface area contributed by atoms with E-state index in [0.29, 0.717) is 11.3 Å². The number of carboxylic acids is 1. The third-order valence-corrected chi connectivity index (χ3v) is 3.17. The van der Waals surface area contributed by atoms with Crippen LogP contribution in [0.5, 0.6) is 0 Å². The van der Waals surface area contributed by atoms with Gasteiger partial charge >= 0.3 is 5.97 Å². The molecule has 1 atom stereocenters. The van der Waals surface area contributed by atoms with Crippen LogP contribution in [-0.4, -0.2) is 22.0 Å². The average Bonchev–Trinajstić information content (AvgIpc) is 2.28. The fourth-order valence-electron chi connectivity index (χ4n) is 1.85. The van der Waals surface area contributed by atoms with Gasteiger partial charge in [0.1, 0.15) is 0 Å². The topological polar surface area (TPSA) is 92.5 Å². The third-order valence-electron chi connectivity index (χ3n) is 3.17. The van der Waals surface area contributed by atoms with E-state index in [0.717, 1.165) is 0 Å². The first-order chi connectivity index (χ1) is 9.11. The maximum absolute atomic E-state index is 10.9. The number of carboxylic acid groups (broad SMARTS) is 1. The third kappa shape index (κ3) is 4.22. The lowest BCUT2D eigenvalue weighted by molar-refractivity contribution is -0.385. The molecule has 20 heavy (non-hydrogen) atoms. The van der Waals surface area contributed by atoms with E-state index in [9.17, 15) is 14.9 Å². The number of carbonyl (C=O) groups is 1. The lowest BCUT2D eigenvalue weighted by atomic mass is 9.84. The highest BCUT2D eigenvalue weighted by molar-refractivity contribution is 5.68. The molecule has 0 bridgehead atoms. The summed E-state index contributed by atoms with van der Waals surface area (Å²) in [5, 5.41) is 23.0. The van der Waals surface area contributed by atoms with Gasteiger partial charge in [0, 0.05) is 23.4 Å². The molecule has 1 aromatic rings. The van der Waals surface area contributed by atoms with E-state index in [4.69, 9.17) is 5.11 Å². The molecule has 110 valence electrons. The largest absolute Gasteiger partial charge is 0.481 e. The number of nitro benzene ring substituents is 1. The Bertz CT molecular complexity index is 520. The number of nitrogens with zero attached hydrogens (tertiary/aromatic N) is 1. The molecule has 0 saturated heterocycles. The molecule has 0 heterocycles. The zero-order valence-electron chi connectivity index (χ0n) is 12.1. The van der Waals surface area contributed by atoms with Crippen molar-refractivity contribution in [2.45, 2.75) is 40.2 Å². The first kappa shape index (κ1) is 15.9. The van der Waals surface area contributed by atoms with Crippen molar-refractivity contribution in [1.29, 1.82) is 0 Å². The molecule has 0 radical (unpaired) electrons. The zero-order chi connectivity index (χ0) is 15.5. The maximum Gasteiger partial charge on any atom is 0.305 e. The van der Waals surface area contributed by atoms with E-state index in [1.165, 1.54) is 6.07 Å². The lowest BCUT2D eigenvalue weighted by Crippen LogP contribution is -2.36. The van der Waals surface area contributed by atoms with Crippen LogP contribution in [0.25, 0.3) is 0 Å². The molecule has 6 heteroatoms. The van der Waals surface area contributed by atoms with Crippen LogP contribution < -0.4 is 5.32 Å². The van der Waals surface area contributed by atoms with Crippen molar-refractivity contribution in [1.82, 2.24) is 0 Å². The molecule has 0 aliphatic carbocycles. The minimum atomic E-state index is -0.904. The molecule has 0 aliphatic heterocycles. The van der Waals surface area contributed by atoms with E-state index >= 15 is 0 Å². The van der Waals surface area contributed by atoms with Gasteiger partial charge in [0.25, 0.3) is 5.69 Å². The van der Waals surface area contributed by atoms with Gasteiger partial charge < -0.3 is 10.4 Å². The summed E-state index contributed by atoms with van der Waals surface area (Å²) in [5.74, 6) is -0.904. The second-order valence-corrected chi connectivity index (χ2v) is 5.92. The second-order valence-electron chi connectivity index (χ2n) is 5.92. The van der Waals surface area contributed by atoms with E-state index in [-0.39, 0.29) is 23.6 Å². The van der Waals surface area contributed by atoms with Gasteiger partial charge in [0.05, 0.1) is 11.3 Å². The first-order valence-corrected chi connectivity index (χ1v) is 6.34. The van der Waals surface area contributed by atoms with Gasteiger partial charge in [0.15, 0.2) is 0 Å². The van der Waals surface area contributed by atoms with Gasteiger partial charge in [-0.05, 0) is 18.4 Å². The number of nitrogens with one attached hydrogen (secondary N) is 1. The molecule has 0 aliphatic rings. The molecular weight excluding hydrogens is 260 g/mol. The molecule has 0 amide bonds. The second kappa shape index (κ2) is 5.90. The summed E-state index contributed by atoms with van der Waals surface area (Å²) < 4.78 is 0. The van der Waals surface area contributed by atoms with E-state index in [1.54, 1.807) is 19.1 Å². The Kier molecular flexibility index (Phi) is 4.70. The number of anilines is 1. The normalized spacial score (nSPS) is 12.8. The van der Waals surface area contributed by atoms with Crippen molar-refractivity contribution < 1.29 is 14.8 Å². The Hall–Kier alpha value is -2.11. The van der Waals surface area contributed by atoms with Crippen molar-refractivity contribution in [3.8, 4) is 0 Å². The van der Waals surface area contributed by atoms with E-state index in [1.807, 2.05) is 20.8 Å². The number of nitro groups is 1. The maximum atomic E-state index is 10.9. The van der Waals surface area contributed by atoms with Crippen molar-refractivity contribution in [3.63, 3.8) is 0 Å². The molecule has 1 rings (SSSR count). The summed E-state index contributed by atoms with van der Waals surface area (Å²) >= 11 is 0. The molecule has 2 N–H and O–H groups in total. The Morgan fingerprint density at radius 3 is 2.50 bits per heavy atom. The number of aliphatic carboxylic acids is 1. The van der Waals surface area contributed by atoms with Crippen LogP contribution in [0.15, 0.2) is 18.2 Å². The predicted molar refractivity (Wildman–Crippen MR) is 77.0 cm³/mol. The summed E-state index contributed by atoms with van der Waals surface area (Å²) in [5.41, 5.74) is 0.880. The average molecular weight is 280 g/mol. The van der Waals surface area contributed by atoms with Crippen LogP contribution in [-0.2, 0) is 4.79 Å². The van der Waals surface area contributed by atoms with Gasteiger partial charge in [-0.15, -0.1) is 0 Å². The van der Waals surface area contributed by atoms with Gasteiger partial charge in [0.2, 0.25) is 0 Å². The van der Waals surface area contributed by atoms with E-state index in [2.05, 4.69) is 5.32 Å². The molecule has 0 spiro atoms. The summed E-state index contributed by atoms with van der Waals surface area (Å²) in [6.07, 6.45) is -0.0504. The fraction of sp³-hybridized carbons (Fsp3) is 0.500. The van der Waals surface area contributed by atoms with Crippen molar-refractivity contribution in [3.05, 3.63) is 33.9 Å².